The third kappa shape index (κ3) is 3.71. The lowest BCUT2D eigenvalue weighted by Gasteiger charge is -2.36. The van der Waals surface area contributed by atoms with Gasteiger partial charge in [-0.3, -0.25) is 0 Å². The van der Waals surface area contributed by atoms with Crippen LogP contribution < -0.4 is 5.73 Å². The van der Waals surface area contributed by atoms with Crippen molar-refractivity contribution in [3.63, 3.8) is 0 Å². The predicted molar refractivity (Wildman–Crippen MR) is 74.8 cm³/mol. The summed E-state index contributed by atoms with van der Waals surface area (Å²) in [4.78, 5) is 0. The third-order valence-electron chi connectivity index (χ3n) is 5.45. The maximum absolute atomic E-state index is 6.33. The van der Waals surface area contributed by atoms with Gasteiger partial charge in [-0.25, -0.2) is 0 Å². The van der Waals surface area contributed by atoms with Crippen LogP contribution in [0.25, 0.3) is 0 Å². The Bertz CT molecular complexity index is 218. The van der Waals surface area contributed by atoms with Crippen molar-refractivity contribution in [2.45, 2.75) is 77.7 Å². The van der Waals surface area contributed by atoms with Crippen molar-refractivity contribution in [1.82, 2.24) is 0 Å². The summed E-state index contributed by atoms with van der Waals surface area (Å²) in [5.74, 6) is 3.68. The van der Waals surface area contributed by atoms with Crippen LogP contribution in [-0.4, -0.2) is 6.04 Å². The Hall–Kier alpha value is -0.0400. The first-order chi connectivity index (χ1) is 8.16. The zero-order valence-corrected chi connectivity index (χ0v) is 11.8. The molecule has 3 unspecified atom stereocenters. The molecule has 0 radical (unpaired) electrons. The van der Waals surface area contributed by atoms with E-state index in [0.29, 0.717) is 6.04 Å². The van der Waals surface area contributed by atoms with Crippen LogP contribution >= 0.6 is 0 Å². The summed E-state index contributed by atoms with van der Waals surface area (Å²) < 4.78 is 0. The van der Waals surface area contributed by atoms with Crippen LogP contribution in [0.2, 0.25) is 0 Å². The highest BCUT2D eigenvalue weighted by molar-refractivity contribution is 4.84. The molecular formula is C16H31N. The molecule has 2 rings (SSSR count). The highest BCUT2D eigenvalue weighted by atomic mass is 14.7. The molecule has 0 saturated heterocycles. The van der Waals surface area contributed by atoms with Gasteiger partial charge in [-0.1, -0.05) is 46.0 Å². The molecule has 0 aromatic carbocycles. The first-order valence-electron chi connectivity index (χ1n) is 7.92. The largest absolute Gasteiger partial charge is 0.327 e. The molecule has 0 amide bonds. The van der Waals surface area contributed by atoms with Gasteiger partial charge < -0.3 is 5.73 Å². The molecule has 2 N–H and O–H groups in total. The Morgan fingerprint density at radius 2 is 1.71 bits per heavy atom. The van der Waals surface area contributed by atoms with E-state index < -0.39 is 0 Å². The molecule has 0 aromatic heterocycles. The molecule has 0 aromatic rings. The molecule has 2 aliphatic rings. The minimum absolute atomic E-state index is 0.506. The van der Waals surface area contributed by atoms with Gasteiger partial charge in [0.1, 0.15) is 0 Å². The zero-order chi connectivity index (χ0) is 12.3. The van der Waals surface area contributed by atoms with E-state index in [1.807, 2.05) is 0 Å². The summed E-state index contributed by atoms with van der Waals surface area (Å²) in [5, 5.41) is 0. The Labute approximate surface area is 108 Å². The van der Waals surface area contributed by atoms with Gasteiger partial charge in [-0.15, -0.1) is 0 Å². The van der Waals surface area contributed by atoms with Gasteiger partial charge in [0, 0.05) is 6.04 Å². The first kappa shape index (κ1) is 13.4. The summed E-state index contributed by atoms with van der Waals surface area (Å²) in [5.41, 5.74) is 6.33. The van der Waals surface area contributed by atoms with Crippen molar-refractivity contribution in [2.75, 3.05) is 0 Å². The molecule has 0 spiro atoms. The third-order valence-corrected chi connectivity index (χ3v) is 5.45. The van der Waals surface area contributed by atoms with E-state index in [9.17, 15) is 0 Å². The van der Waals surface area contributed by atoms with Crippen LogP contribution in [0.5, 0.6) is 0 Å². The summed E-state index contributed by atoms with van der Waals surface area (Å²) >= 11 is 0. The monoisotopic (exact) mass is 237 g/mol. The fourth-order valence-electron chi connectivity index (χ4n) is 4.01. The summed E-state index contributed by atoms with van der Waals surface area (Å²) in [6.07, 6.45) is 12.9. The van der Waals surface area contributed by atoms with Gasteiger partial charge in [0.25, 0.3) is 0 Å². The van der Waals surface area contributed by atoms with E-state index in [4.69, 9.17) is 5.73 Å². The highest BCUT2D eigenvalue weighted by Crippen LogP contribution is 2.37. The van der Waals surface area contributed by atoms with Crippen LogP contribution in [-0.2, 0) is 0 Å². The maximum Gasteiger partial charge on any atom is 0.00673 e. The normalized spacial score (nSPS) is 35.6. The average molecular weight is 237 g/mol. The topological polar surface area (TPSA) is 26.0 Å². The maximum atomic E-state index is 6.33. The number of nitrogens with two attached hydrogens (primary N) is 1. The van der Waals surface area contributed by atoms with Gasteiger partial charge in [0.15, 0.2) is 0 Å². The summed E-state index contributed by atoms with van der Waals surface area (Å²) in [6, 6.07) is 0.506. The molecule has 2 saturated carbocycles. The molecule has 3 atom stereocenters. The van der Waals surface area contributed by atoms with E-state index >= 15 is 0 Å². The second-order valence-electron chi connectivity index (χ2n) is 6.97. The lowest BCUT2D eigenvalue weighted by molar-refractivity contribution is 0.175. The smallest absolute Gasteiger partial charge is 0.00673 e. The van der Waals surface area contributed by atoms with Crippen molar-refractivity contribution in [3.8, 4) is 0 Å². The van der Waals surface area contributed by atoms with Crippen LogP contribution in [0.3, 0.4) is 0 Å². The fourth-order valence-corrected chi connectivity index (χ4v) is 4.01. The van der Waals surface area contributed by atoms with Crippen molar-refractivity contribution in [2.24, 2.45) is 29.4 Å². The van der Waals surface area contributed by atoms with Gasteiger partial charge in [-0.05, 0) is 49.4 Å². The molecule has 17 heavy (non-hydrogen) atoms. The lowest BCUT2D eigenvalue weighted by Crippen LogP contribution is -2.37. The van der Waals surface area contributed by atoms with Crippen LogP contribution in [0.4, 0.5) is 0 Å². The fraction of sp³-hybridized carbons (Fsp3) is 1.00. The number of rotatable bonds is 4. The molecule has 100 valence electrons. The molecule has 0 aliphatic heterocycles. The molecule has 0 heterocycles. The average Bonchev–Trinajstić information content (AvgIpc) is 2.80. The van der Waals surface area contributed by atoms with E-state index in [-0.39, 0.29) is 0 Å². The second-order valence-corrected chi connectivity index (χ2v) is 6.97. The Morgan fingerprint density at radius 1 is 1.00 bits per heavy atom. The van der Waals surface area contributed by atoms with Crippen LogP contribution in [0.15, 0.2) is 0 Å². The lowest BCUT2D eigenvalue weighted by atomic mass is 9.72. The van der Waals surface area contributed by atoms with Crippen molar-refractivity contribution >= 4 is 0 Å². The second kappa shape index (κ2) is 6.22. The van der Waals surface area contributed by atoms with Crippen LogP contribution in [0.1, 0.15) is 71.6 Å². The number of hydrogen-bond acceptors (Lipinski definition) is 1. The summed E-state index contributed by atoms with van der Waals surface area (Å²) in [7, 11) is 0. The van der Waals surface area contributed by atoms with Gasteiger partial charge in [0.05, 0.1) is 0 Å². The molecule has 1 heteroatoms. The standard InChI is InChI=1S/C16H31N/c1-12(2)14-9-10-16(17)15(11-14)8-7-13-5-3-4-6-13/h12-16H,3-11,17H2,1-2H3. The molecule has 0 bridgehead atoms. The Balaban J connectivity index is 1.76. The minimum atomic E-state index is 0.506. The molecule has 2 aliphatic carbocycles. The van der Waals surface area contributed by atoms with E-state index in [0.717, 1.165) is 23.7 Å². The van der Waals surface area contributed by atoms with Crippen molar-refractivity contribution < 1.29 is 0 Å². The quantitative estimate of drug-likeness (QED) is 0.772. The molecule has 1 nitrogen and oxygen atoms in total. The molecule has 2 fully saturated rings. The van der Waals surface area contributed by atoms with Crippen molar-refractivity contribution in [3.05, 3.63) is 0 Å². The Kier molecular flexibility index (Phi) is 4.90. The zero-order valence-electron chi connectivity index (χ0n) is 11.8. The van der Waals surface area contributed by atoms with E-state index in [1.165, 1.54) is 57.8 Å². The van der Waals surface area contributed by atoms with Gasteiger partial charge in [0.2, 0.25) is 0 Å². The van der Waals surface area contributed by atoms with E-state index in [2.05, 4.69) is 13.8 Å². The predicted octanol–water partition coefficient (Wildman–Crippen LogP) is 4.36. The number of hydrogen-bond donors (Lipinski definition) is 1. The van der Waals surface area contributed by atoms with Gasteiger partial charge >= 0.3 is 0 Å². The highest BCUT2D eigenvalue weighted by Gasteiger charge is 2.30. The van der Waals surface area contributed by atoms with E-state index in [1.54, 1.807) is 0 Å². The summed E-state index contributed by atoms with van der Waals surface area (Å²) in [6.45, 7) is 4.77. The molecular weight excluding hydrogens is 206 g/mol. The van der Waals surface area contributed by atoms with Crippen molar-refractivity contribution in [1.29, 1.82) is 0 Å². The SMILES string of the molecule is CC(C)C1CCC(N)C(CCC2CCCC2)C1. The Morgan fingerprint density at radius 3 is 2.35 bits per heavy atom. The van der Waals surface area contributed by atoms with Gasteiger partial charge in [-0.2, -0.15) is 0 Å². The van der Waals surface area contributed by atoms with Crippen LogP contribution in [0, 0.1) is 23.7 Å². The minimum Gasteiger partial charge on any atom is -0.327 e. The first-order valence-corrected chi connectivity index (χ1v) is 7.92.